The van der Waals surface area contributed by atoms with Crippen LogP contribution in [0.3, 0.4) is 0 Å². The van der Waals surface area contributed by atoms with Gasteiger partial charge in [0.2, 0.25) is 11.8 Å². The molecular formula is C31H38N4O4. The van der Waals surface area contributed by atoms with E-state index in [1.54, 1.807) is 29.2 Å². The molecule has 1 aliphatic heterocycles. The summed E-state index contributed by atoms with van der Waals surface area (Å²) in [5, 5.41) is 14.9. The van der Waals surface area contributed by atoms with Crippen molar-refractivity contribution in [2.24, 2.45) is 11.8 Å². The van der Waals surface area contributed by atoms with Crippen molar-refractivity contribution in [3.63, 3.8) is 0 Å². The second-order valence-corrected chi connectivity index (χ2v) is 11.6. The molecule has 1 saturated heterocycles. The SMILES string of the molecule is CC(C)(C)OC(=O)NC[C@H]1CC[C@H](C(=O)N2CCC(c3ccccc3)C2C(=O)Nc2ccc(C#N)cc2)CC1. The van der Waals surface area contributed by atoms with E-state index in [1.807, 2.05) is 51.1 Å². The first kappa shape index (κ1) is 28.2. The smallest absolute Gasteiger partial charge is 0.407 e. The largest absolute Gasteiger partial charge is 0.444 e. The number of hydrogen-bond acceptors (Lipinski definition) is 5. The van der Waals surface area contributed by atoms with Crippen molar-refractivity contribution in [3.8, 4) is 6.07 Å². The van der Waals surface area contributed by atoms with Gasteiger partial charge >= 0.3 is 6.09 Å². The van der Waals surface area contributed by atoms with Crippen molar-refractivity contribution in [1.82, 2.24) is 10.2 Å². The molecule has 0 bridgehead atoms. The highest BCUT2D eigenvalue weighted by molar-refractivity contribution is 5.98. The number of nitrogens with zero attached hydrogens (tertiary/aromatic N) is 2. The van der Waals surface area contributed by atoms with Gasteiger partial charge in [0.15, 0.2) is 0 Å². The van der Waals surface area contributed by atoms with Gasteiger partial charge in [-0.3, -0.25) is 9.59 Å². The van der Waals surface area contributed by atoms with Crippen molar-refractivity contribution in [2.75, 3.05) is 18.4 Å². The van der Waals surface area contributed by atoms with Crippen LogP contribution in [0.4, 0.5) is 10.5 Å². The third-order valence-corrected chi connectivity index (χ3v) is 7.59. The van der Waals surface area contributed by atoms with E-state index in [0.29, 0.717) is 30.3 Å². The average Bonchev–Trinajstić information content (AvgIpc) is 3.37. The molecule has 2 fully saturated rings. The third-order valence-electron chi connectivity index (χ3n) is 7.59. The van der Waals surface area contributed by atoms with Crippen LogP contribution in [-0.2, 0) is 14.3 Å². The number of carbonyl (C=O) groups is 3. The van der Waals surface area contributed by atoms with Gasteiger partial charge in [-0.25, -0.2) is 4.79 Å². The first-order chi connectivity index (χ1) is 18.6. The minimum absolute atomic E-state index is 0.0342. The lowest BCUT2D eigenvalue weighted by Crippen LogP contribution is -2.48. The highest BCUT2D eigenvalue weighted by atomic mass is 16.6. The Morgan fingerprint density at radius 2 is 1.64 bits per heavy atom. The Kier molecular flexibility index (Phi) is 8.90. The number of alkyl carbamates (subject to hydrolysis) is 1. The fourth-order valence-corrected chi connectivity index (χ4v) is 5.65. The number of nitriles is 1. The minimum atomic E-state index is -0.609. The van der Waals surface area contributed by atoms with E-state index in [2.05, 4.69) is 16.7 Å². The number of benzene rings is 2. The number of amides is 3. The number of ether oxygens (including phenoxy) is 1. The quantitative estimate of drug-likeness (QED) is 0.532. The van der Waals surface area contributed by atoms with E-state index in [4.69, 9.17) is 10.00 Å². The molecule has 4 rings (SSSR count). The Morgan fingerprint density at radius 1 is 0.974 bits per heavy atom. The van der Waals surface area contributed by atoms with Gasteiger partial charge in [0.05, 0.1) is 11.6 Å². The first-order valence-corrected chi connectivity index (χ1v) is 13.8. The van der Waals surface area contributed by atoms with Crippen molar-refractivity contribution < 1.29 is 19.1 Å². The zero-order chi connectivity index (χ0) is 28.0. The molecule has 2 unspecified atom stereocenters. The Morgan fingerprint density at radius 3 is 2.26 bits per heavy atom. The van der Waals surface area contributed by atoms with Crippen LogP contribution in [-0.4, -0.2) is 47.5 Å². The van der Waals surface area contributed by atoms with E-state index in [1.165, 1.54) is 0 Å². The minimum Gasteiger partial charge on any atom is -0.444 e. The molecule has 1 heterocycles. The summed E-state index contributed by atoms with van der Waals surface area (Å²) in [4.78, 5) is 41.2. The zero-order valence-electron chi connectivity index (χ0n) is 23.0. The molecule has 0 spiro atoms. The first-order valence-electron chi connectivity index (χ1n) is 13.8. The van der Waals surface area contributed by atoms with Gasteiger partial charge in [-0.15, -0.1) is 0 Å². The fraction of sp³-hybridized carbons (Fsp3) is 0.484. The number of nitrogens with one attached hydrogen (secondary N) is 2. The van der Waals surface area contributed by atoms with E-state index in [-0.39, 0.29) is 23.7 Å². The molecule has 3 amide bonds. The van der Waals surface area contributed by atoms with Crippen molar-refractivity contribution >= 4 is 23.6 Å². The summed E-state index contributed by atoms with van der Waals surface area (Å²) in [6, 6.07) is 18.1. The van der Waals surface area contributed by atoms with Crippen LogP contribution in [0.15, 0.2) is 54.6 Å². The van der Waals surface area contributed by atoms with Gasteiger partial charge in [0.1, 0.15) is 11.6 Å². The normalized spacial score (nSPS) is 23.0. The van der Waals surface area contributed by atoms with Crippen LogP contribution >= 0.6 is 0 Å². The topological polar surface area (TPSA) is 112 Å². The average molecular weight is 531 g/mol. The van der Waals surface area contributed by atoms with Crippen LogP contribution in [0.5, 0.6) is 0 Å². The maximum atomic E-state index is 13.8. The second kappa shape index (κ2) is 12.3. The summed E-state index contributed by atoms with van der Waals surface area (Å²) in [5.74, 6) is -0.111. The zero-order valence-corrected chi connectivity index (χ0v) is 23.0. The lowest BCUT2D eigenvalue weighted by Gasteiger charge is -2.34. The maximum absolute atomic E-state index is 13.8. The van der Waals surface area contributed by atoms with E-state index < -0.39 is 17.7 Å². The van der Waals surface area contributed by atoms with Crippen molar-refractivity contribution in [2.45, 2.75) is 70.4 Å². The summed E-state index contributed by atoms with van der Waals surface area (Å²) in [7, 11) is 0. The van der Waals surface area contributed by atoms with Gasteiger partial charge in [0, 0.05) is 30.6 Å². The van der Waals surface area contributed by atoms with Crippen LogP contribution in [0, 0.1) is 23.2 Å². The molecule has 1 aliphatic carbocycles. The molecule has 2 aliphatic rings. The number of anilines is 1. The molecule has 2 aromatic carbocycles. The second-order valence-electron chi connectivity index (χ2n) is 11.6. The molecule has 8 nitrogen and oxygen atoms in total. The molecule has 2 aromatic rings. The Bertz CT molecular complexity index is 1190. The Balaban J connectivity index is 1.41. The highest BCUT2D eigenvalue weighted by Gasteiger charge is 2.44. The van der Waals surface area contributed by atoms with E-state index >= 15 is 0 Å². The number of hydrogen-bond donors (Lipinski definition) is 2. The highest BCUT2D eigenvalue weighted by Crippen LogP contribution is 2.38. The molecule has 39 heavy (non-hydrogen) atoms. The summed E-state index contributed by atoms with van der Waals surface area (Å²) >= 11 is 0. The molecule has 2 atom stereocenters. The molecular weight excluding hydrogens is 492 g/mol. The van der Waals surface area contributed by atoms with Gasteiger partial charge in [-0.1, -0.05) is 30.3 Å². The molecule has 206 valence electrons. The monoisotopic (exact) mass is 530 g/mol. The molecule has 1 saturated carbocycles. The van der Waals surface area contributed by atoms with Crippen LogP contribution in [0.2, 0.25) is 0 Å². The third kappa shape index (κ3) is 7.38. The fourth-order valence-electron chi connectivity index (χ4n) is 5.65. The Labute approximate surface area is 230 Å². The van der Waals surface area contributed by atoms with Crippen LogP contribution in [0.1, 0.15) is 69.9 Å². The van der Waals surface area contributed by atoms with Crippen LogP contribution in [0.25, 0.3) is 0 Å². The predicted molar refractivity (Wildman–Crippen MR) is 149 cm³/mol. The predicted octanol–water partition coefficient (Wildman–Crippen LogP) is 5.21. The summed E-state index contributed by atoms with van der Waals surface area (Å²) in [6.07, 6.45) is 3.44. The van der Waals surface area contributed by atoms with Crippen molar-refractivity contribution in [1.29, 1.82) is 5.26 Å². The van der Waals surface area contributed by atoms with Gasteiger partial charge in [-0.05, 0) is 88.6 Å². The lowest BCUT2D eigenvalue weighted by atomic mass is 9.81. The maximum Gasteiger partial charge on any atom is 0.407 e. The number of rotatable bonds is 6. The Hall–Kier alpha value is -3.86. The number of carbonyl (C=O) groups excluding carboxylic acids is 3. The number of likely N-dealkylation sites (tertiary alicyclic amines) is 1. The van der Waals surface area contributed by atoms with E-state index in [9.17, 15) is 14.4 Å². The van der Waals surface area contributed by atoms with E-state index in [0.717, 1.165) is 37.7 Å². The molecule has 2 N–H and O–H groups in total. The summed E-state index contributed by atoms with van der Waals surface area (Å²) < 4.78 is 5.33. The van der Waals surface area contributed by atoms with Gasteiger partial charge in [-0.2, -0.15) is 5.26 Å². The molecule has 8 heteroatoms. The summed E-state index contributed by atoms with van der Waals surface area (Å²) in [6.45, 7) is 6.57. The van der Waals surface area contributed by atoms with Gasteiger partial charge < -0.3 is 20.3 Å². The molecule has 0 aromatic heterocycles. The standard InChI is InChI=1S/C31H38N4O4/c1-31(2,3)39-30(38)33-20-22-9-13-24(14-10-22)29(37)35-18-17-26(23-7-5-4-6-8-23)27(35)28(36)34-25-15-11-21(19-32)12-16-25/h4-8,11-12,15-16,22,24,26-27H,9-10,13-14,17-18,20H2,1-3H3,(H,33,38)(H,34,36)/t22-,24-,26?,27?. The van der Waals surface area contributed by atoms with Crippen LogP contribution < -0.4 is 10.6 Å². The van der Waals surface area contributed by atoms with Gasteiger partial charge in [0.25, 0.3) is 0 Å². The van der Waals surface area contributed by atoms with Crippen molar-refractivity contribution in [3.05, 3.63) is 65.7 Å². The lowest BCUT2D eigenvalue weighted by molar-refractivity contribution is -0.141. The molecule has 0 radical (unpaired) electrons. The summed E-state index contributed by atoms with van der Waals surface area (Å²) in [5.41, 5.74) is 1.63.